The molecule has 94 valence electrons. The van der Waals surface area contributed by atoms with Gasteiger partial charge in [-0.05, 0) is 28.1 Å². The van der Waals surface area contributed by atoms with Crippen molar-refractivity contribution >= 4 is 15.9 Å². The van der Waals surface area contributed by atoms with Crippen molar-refractivity contribution in [3.8, 4) is 11.5 Å². The van der Waals surface area contributed by atoms with Crippen molar-refractivity contribution < 1.29 is 10.2 Å². The molecule has 4 heteroatoms. The SMILES string of the molecule is Oc1ccccc1CNCc1cccc(Br)c1O. The minimum Gasteiger partial charge on any atom is -0.508 e. The van der Waals surface area contributed by atoms with E-state index in [9.17, 15) is 10.2 Å². The van der Waals surface area contributed by atoms with Crippen molar-refractivity contribution in [1.29, 1.82) is 0 Å². The highest BCUT2D eigenvalue weighted by Gasteiger charge is 2.04. The van der Waals surface area contributed by atoms with Crippen LogP contribution in [-0.4, -0.2) is 10.2 Å². The summed E-state index contributed by atoms with van der Waals surface area (Å²) in [5.41, 5.74) is 1.66. The van der Waals surface area contributed by atoms with Crippen LogP contribution in [0.2, 0.25) is 0 Å². The maximum Gasteiger partial charge on any atom is 0.134 e. The lowest BCUT2D eigenvalue weighted by molar-refractivity contribution is 0.456. The number of halogens is 1. The molecule has 0 saturated heterocycles. The van der Waals surface area contributed by atoms with E-state index in [2.05, 4.69) is 21.2 Å². The predicted molar refractivity (Wildman–Crippen MR) is 74.5 cm³/mol. The molecule has 0 spiro atoms. The summed E-state index contributed by atoms with van der Waals surface area (Å²) >= 11 is 3.28. The number of nitrogens with one attached hydrogen (secondary N) is 1. The largest absolute Gasteiger partial charge is 0.508 e. The average Bonchev–Trinajstić information content (AvgIpc) is 2.37. The van der Waals surface area contributed by atoms with Crippen LogP contribution < -0.4 is 5.32 Å². The molecule has 2 rings (SSSR count). The van der Waals surface area contributed by atoms with Gasteiger partial charge < -0.3 is 15.5 Å². The minimum absolute atomic E-state index is 0.252. The number of phenols is 2. The van der Waals surface area contributed by atoms with E-state index in [0.717, 1.165) is 11.1 Å². The van der Waals surface area contributed by atoms with Crippen molar-refractivity contribution in [3.63, 3.8) is 0 Å². The van der Waals surface area contributed by atoms with Gasteiger partial charge in [0.1, 0.15) is 11.5 Å². The second-order valence-electron chi connectivity index (χ2n) is 3.98. The molecule has 0 aliphatic heterocycles. The highest BCUT2D eigenvalue weighted by molar-refractivity contribution is 9.10. The van der Waals surface area contributed by atoms with Gasteiger partial charge in [0.15, 0.2) is 0 Å². The zero-order valence-corrected chi connectivity index (χ0v) is 11.3. The van der Waals surface area contributed by atoms with Gasteiger partial charge in [-0.2, -0.15) is 0 Å². The van der Waals surface area contributed by atoms with Gasteiger partial charge in [-0.3, -0.25) is 0 Å². The summed E-state index contributed by atoms with van der Waals surface area (Å²) in [4.78, 5) is 0. The molecule has 0 radical (unpaired) electrons. The summed E-state index contributed by atoms with van der Waals surface area (Å²) in [5.74, 6) is 0.533. The summed E-state index contributed by atoms with van der Waals surface area (Å²) in [6.07, 6.45) is 0. The van der Waals surface area contributed by atoms with Crippen LogP contribution in [0.5, 0.6) is 11.5 Å². The number of para-hydroxylation sites is 2. The summed E-state index contributed by atoms with van der Waals surface area (Å²) in [5, 5.41) is 22.6. The third-order valence-electron chi connectivity index (χ3n) is 2.69. The molecule has 0 atom stereocenters. The summed E-state index contributed by atoms with van der Waals surface area (Å²) in [6, 6.07) is 12.7. The topological polar surface area (TPSA) is 52.5 Å². The van der Waals surface area contributed by atoms with Gasteiger partial charge in [-0.15, -0.1) is 0 Å². The van der Waals surface area contributed by atoms with Gasteiger partial charge in [0.05, 0.1) is 4.47 Å². The van der Waals surface area contributed by atoms with Crippen molar-refractivity contribution in [1.82, 2.24) is 5.32 Å². The van der Waals surface area contributed by atoms with Gasteiger partial charge in [-0.25, -0.2) is 0 Å². The fourth-order valence-electron chi connectivity index (χ4n) is 1.69. The fraction of sp³-hybridized carbons (Fsp3) is 0.143. The number of hydrogen-bond donors (Lipinski definition) is 3. The first-order valence-corrected chi connectivity index (χ1v) is 6.41. The Morgan fingerprint density at radius 2 is 1.56 bits per heavy atom. The highest BCUT2D eigenvalue weighted by Crippen LogP contribution is 2.27. The predicted octanol–water partition coefficient (Wildman–Crippen LogP) is 3.15. The fourth-order valence-corrected chi connectivity index (χ4v) is 2.10. The number of phenolic OH excluding ortho intramolecular Hbond substituents is 2. The second kappa shape index (κ2) is 5.89. The van der Waals surface area contributed by atoms with E-state index < -0.39 is 0 Å². The van der Waals surface area contributed by atoms with E-state index in [0.29, 0.717) is 17.6 Å². The third kappa shape index (κ3) is 3.03. The monoisotopic (exact) mass is 307 g/mol. The molecule has 18 heavy (non-hydrogen) atoms. The molecule has 0 fully saturated rings. The smallest absolute Gasteiger partial charge is 0.134 e. The molecule has 0 aromatic heterocycles. The first kappa shape index (κ1) is 12.9. The van der Waals surface area contributed by atoms with Crippen LogP contribution in [0.3, 0.4) is 0 Å². The first-order chi connectivity index (χ1) is 8.68. The lowest BCUT2D eigenvalue weighted by Gasteiger charge is -2.09. The lowest BCUT2D eigenvalue weighted by Crippen LogP contribution is -2.12. The maximum absolute atomic E-state index is 9.81. The number of hydrogen-bond acceptors (Lipinski definition) is 3. The van der Waals surface area contributed by atoms with Gasteiger partial charge in [0.25, 0.3) is 0 Å². The minimum atomic E-state index is 0.252. The zero-order valence-electron chi connectivity index (χ0n) is 9.73. The van der Waals surface area contributed by atoms with Crippen LogP contribution in [0.15, 0.2) is 46.9 Å². The van der Waals surface area contributed by atoms with E-state index >= 15 is 0 Å². The Morgan fingerprint density at radius 1 is 0.889 bits per heavy atom. The zero-order chi connectivity index (χ0) is 13.0. The van der Waals surface area contributed by atoms with Crippen molar-refractivity contribution in [2.75, 3.05) is 0 Å². The van der Waals surface area contributed by atoms with Crippen molar-refractivity contribution in [3.05, 3.63) is 58.1 Å². The number of rotatable bonds is 4. The van der Waals surface area contributed by atoms with Crippen LogP contribution in [0.1, 0.15) is 11.1 Å². The number of benzene rings is 2. The summed E-state index contributed by atoms with van der Waals surface area (Å²) < 4.78 is 0.685. The van der Waals surface area contributed by atoms with Gasteiger partial charge in [0.2, 0.25) is 0 Å². The third-order valence-corrected chi connectivity index (χ3v) is 3.33. The maximum atomic E-state index is 9.81. The molecule has 0 aliphatic carbocycles. The van der Waals surface area contributed by atoms with Crippen LogP contribution in [0, 0.1) is 0 Å². The number of aromatic hydroxyl groups is 2. The molecule has 2 aromatic carbocycles. The summed E-state index contributed by atoms with van der Waals surface area (Å²) in [6.45, 7) is 1.10. The Labute approximate surface area is 114 Å². The van der Waals surface area contributed by atoms with E-state index in [4.69, 9.17) is 0 Å². The Kier molecular flexibility index (Phi) is 4.23. The molecule has 0 heterocycles. The molecule has 0 saturated carbocycles. The van der Waals surface area contributed by atoms with Gasteiger partial charge >= 0.3 is 0 Å². The van der Waals surface area contributed by atoms with Crippen LogP contribution in [0.25, 0.3) is 0 Å². The molecule has 3 N–H and O–H groups in total. The molecule has 0 bridgehead atoms. The molecule has 0 aliphatic rings. The molecule has 3 nitrogen and oxygen atoms in total. The Morgan fingerprint density at radius 3 is 2.33 bits per heavy atom. The van der Waals surface area contributed by atoms with Crippen molar-refractivity contribution in [2.24, 2.45) is 0 Å². The Bertz CT molecular complexity index is 543. The van der Waals surface area contributed by atoms with Gasteiger partial charge in [-0.1, -0.05) is 30.3 Å². The standard InChI is InChI=1S/C14H14BrNO2/c15-12-6-3-5-11(14(12)18)9-16-8-10-4-1-2-7-13(10)17/h1-7,16-18H,8-9H2. The van der Waals surface area contributed by atoms with E-state index in [1.54, 1.807) is 18.2 Å². The highest BCUT2D eigenvalue weighted by atomic mass is 79.9. The summed E-state index contributed by atoms with van der Waals surface area (Å²) in [7, 11) is 0. The quantitative estimate of drug-likeness (QED) is 0.813. The molecule has 2 aromatic rings. The average molecular weight is 308 g/mol. The molecular formula is C14H14BrNO2. The van der Waals surface area contributed by atoms with Crippen molar-refractivity contribution in [2.45, 2.75) is 13.1 Å². The van der Waals surface area contributed by atoms with E-state index in [1.807, 2.05) is 24.3 Å². The van der Waals surface area contributed by atoms with Crippen LogP contribution in [-0.2, 0) is 13.1 Å². The van der Waals surface area contributed by atoms with E-state index in [1.165, 1.54) is 0 Å². The van der Waals surface area contributed by atoms with Crippen LogP contribution >= 0.6 is 15.9 Å². The van der Waals surface area contributed by atoms with E-state index in [-0.39, 0.29) is 11.5 Å². The molecular weight excluding hydrogens is 294 g/mol. The first-order valence-electron chi connectivity index (χ1n) is 5.62. The van der Waals surface area contributed by atoms with Crippen LogP contribution in [0.4, 0.5) is 0 Å². The van der Waals surface area contributed by atoms with Gasteiger partial charge in [0, 0.05) is 24.2 Å². The molecule has 0 unspecified atom stereocenters. The molecule has 0 amide bonds. The lowest BCUT2D eigenvalue weighted by atomic mass is 10.1. The normalized spacial score (nSPS) is 10.5. The Balaban J connectivity index is 1.97. The Hall–Kier alpha value is -1.52. The second-order valence-corrected chi connectivity index (χ2v) is 4.83.